The van der Waals surface area contributed by atoms with Crippen molar-refractivity contribution in [3.05, 3.63) is 18.3 Å². The van der Waals surface area contributed by atoms with Crippen LogP contribution in [0.2, 0.25) is 0 Å². The van der Waals surface area contributed by atoms with Crippen LogP contribution in [0.25, 0.3) is 0 Å². The van der Waals surface area contributed by atoms with Crippen molar-refractivity contribution >= 4 is 11.5 Å². The van der Waals surface area contributed by atoms with Gasteiger partial charge in [-0.15, -0.1) is 0 Å². The van der Waals surface area contributed by atoms with Crippen LogP contribution in [-0.2, 0) is 4.74 Å². The zero-order valence-corrected chi connectivity index (χ0v) is 11.6. The first-order valence-electron chi connectivity index (χ1n) is 6.37. The number of hydrogen-bond acceptors (Lipinski definition) is 5. The van der Waals surface area contributed by atoms with E-state index in [1.165, 1.54) is 0 Å². The molecule has 2 N–H and O–H groups in total. The number of rotatable bonds is 9. The van der Waals surface area contributed by atoms with Gasteiger partial charge in [-0.05, 0) is 20.0 Å². The third kappa shape index (κ3) is 5.84. The minimum atomic E-state index is 0.774. The molecule has 0 atom stereocenters. The predicted octanol–water partition coefficient (Wildman–Crippen LogP) is 1.50. The molecule has 0 fully saturated rings. The Morgan fingerprint density at radius 1 is 1.33 bits per heavy atom. The van der Waals surface area contributed by atoms with Gasteiger partial charge in [-0.2, -0.15) is 0 Å². The van der Waals surface area contributed by atoms with Gasteiger partial charge in [0.2, 0.25) is 0 Å². The van der Waals surface area contributed by atoms with E-state index < -0.39 is 0 Å². The molecule has 0 aliphatic rings. The lowest BCUT2D eigenvalue weighted by Gasteiger charge is -2.16. The summed E-state index contributed by atoms with van der Waals surface area (Å²) in [6, 6.07) is 4.01. The van der Waals surface area contributed by atoms with Crippen molar-refractivity contribution < 1.29 is 4.74 Å². The molecule has 102 valence electrons. The van der Waals surface area contributed by atoms with Gasteiger partial charge in [0, 0.05) is 51.2 Å². The summed E-state index contributed by atoms with van der Waals surface area (Å²) in [6.07, 6.45) is 1.81. The fraction of sp³-hybridized carbons (Fsp3) is 0.615. The maximum Gasteiger partial charge on any atom is 0.127 e. The highest BCUT2D eigenvalue weighted by molar-refractivity contribution is 5.51. The molecule has 0 unspecified atom stereocenters. The SMILES string of the molecule is CCNc1cc(NCCN(C)CCOC)ccn1. The van der Waals surface area contributed by atoms with Crippen molar-refractivity contribution in [2.24, 2.45) is 0 Å². The summed E-state index contributed by atoms with van der Waals surface area (Å²) in [5.74, 6) is 0.912. The highest BCUT2D eigenvalue weighted by atomic mass is 16.5. The van der Waals surface area contributed by atoms with E-state index in [1.54, 1.807) is 7.11 Å². The van der Waals surface area contributed by atoms with Crippen molar-refractivity contribution in [2.75, 3.05) is 57.6 Å². The number of nitrogens with zero attached hydrogens (tertiary/aromatic N) is 2. The number of anilines is 2. The Morgan fingerprint density at radius 3 is 2.89 bits per heavy atom. The van der Waals surface area contributed by atoms with Gasteiger partial charge in [-0.1, -0.05) is 0 Å². The number of nitrogens with one attached hydrogen (secondary N) is 2. The van der Waals surface area contributed by atoms with Gasteiger partial charge >= 0.3 is 0 Å². The lowest BCUT2D eigenvalue weighted by atomic mass is 10.3. The number of hydrogen-bond donors (Lipinski definition) is 2. The van der Waals surface area contributed by atoms with E-state index in [-0.39, 0.29) is 0 Å². The standard InChI is InChI=1S/C13H24N4O/c1-4-14-13-11-12(5-6-16-13)15-7-8-17(2)9-10-18-3/h5-6,11H,4,7-10H2,1-3H3,(H2,14,15,16). The highest BCUT2D eigenvalue weighted by Gasteiger charge is 1.98. The second-order valence-corrected chi connectivity index (χ2v) is 4.18. The Kier molecular flexibility index (Phi) is 7.13. The van der Waals surface area contributed by atoms with E-state index in [1.807, 2.05) is 18.3 Å². The normalized spacial score (nSPS) is 10.7. The van der Waals surface area contributed by atoms with Crippen molar-refractivity contribution in [3.8, 4) is 0 Å². The molecule has 18 heavy (non-hydrogen) atoms. The average molecular weight is 252 g/mol. The quantitative estimate of drug-likeness (QED) is 0.697. The van der Waals surface area contributed by atoms with Crippen molar-refractivity contribution in [1.82, 2.24) is 9.88 Å². The van der Waals surface area contributed by atoms with Crippen LogP contribution in [0.1, 0.15) is 6.92 Å². The van der Waals surface area contributed by atoms with Gasteiger partial charge in [0.25, 0.3) is 0 Å². The molecule has 0 aromatic carbocycles. The van der Waals surface area contributed by atoms with E-state index in [0.29, 0.717) is 0 Å². The molecule has 0 saturated heterocycles. The van der Waals surface area contributed by atoms with Crippen LogP contribution in [-0.4, -0.2) is 56.8 Å². The van der Waals surface area contributed by atoms with Crippen molar-refractivity contribution in [3.63, 3.8) is 0 Å². The van der Waals surface area contributed by atoms with E-state index in [0.717, 1.165) is 44.3 Å². The van der Waals surface area contributed by atoms with Gasteiger partial charge < -0.3 is 20.3 Å². The first-order valence-corrected chi connectivity index (χ1v) is 6.37. The molecule has 0 aliphatic heterocycles. The Hall–Kier alpha value is -1.33. The van der Waals surface area contributed by atoms with Crippen LogP contribution in [0.3, 0.4) is 0 Å². The summed E-state index contributed by atoms with van der Waals surface area (Å²) in [4.78, 5) is 6.47. The summed E-state index contributed by atoms with van der Waals surface area (Å²) in [5, 5.41) is 6.59. The molecule has 1 aromatic heterocycles. The summed E-state index contributed by atoms with van der Waals surface area (Å²) in [5.41, 5.74) is 1.10. The van der Waals surface area contributed by atoms with Gasteiger partial charge in [-0.25, -0.2) is 4.98 Å². The predicted molar refractivity (Wildman–Crippen MR) is 76.3 cm³/mol. The zero-order valence-electron chi connectivity index (χ0n) is 11.6. The van der Waals surface area contributed by atoms with Gasteiger partial charge in [0.05, 0.1) is 6.61 Å². The molecule has 0 bridgehead atoms. The van der Waals surface area contributed by atoms with E-state index in [4.69, 9.17) is 4.74 Å². The number of pyridine rings is 1. The summed E-state index contributed by atoms with van der Waals surface area (Å²) in [6.45, 7) is 6.58. The lowest BCUT2D eigenvalue weighted by molar-refractivity contribution is 0.163. The molecule has 0 aliphatic carbocycles. The summed E-state index contributed by atoms with van der Waals surface area (Å²) >= 11 is 0. The van der Waals surface area contributed by atoms with Gasteiger partial charge in [-0.3, -0.25) is 0 Å². The molecule has 0 spiro atoms. The second kappa shape index (κ2) is 8.72. The Balaban J connectivity index is 2.28. The summed E-state index contributed by atoms with van der Waals surface area (Å²) in [7, 11) is 3.82. The number of likely N-dealkylation sites (N-methyl/N-ethyl adjacent to an activating group) is 1. The third-order valence-corrected chi connectivity index (χ3v) is 2.62. The van der Waals surface area contributed by atoms with Crippen LogP contribution in [0.5, 0.6) is 0 Å². The van der Waals surface area contributed by atoms with Crippen molar-refractivity contribution in [2.45, 2.75) is 6.92 Å². The smallest absolute Gasteiger partial charge is 0.127 e. The Bertz CT molecular complexity index is 333. The van der Waals surface area contributed by atoms with Gasteiger partial charge in [0.1, 0.15) is 5.82 Å². The molecule has 5 nitrogen and oxygen atoms in total. The average Bonchev–Trinajstić information content (AvgIpc) is 2.37. The maximum atomic E-state index is 5.04. The van der Waals surface area contributed by atoms with E-state index in [9.17, 15) is 0 Å². The first kappa shape index (κ1) is 14.7. The van der Waals surface area contributed by atoms with E-state index in [2.05, 4.69) is 34.5 Å². The molecule has 0 radical (unpaired) electrons. The third-order valence-electron chi connectivity index (χ3n) is 2.62. The van der Waals surface area contributed by atoms with E-state index >= 15 is 0 Å². The molecule has 0 amide bonds. The molecule has 1 rings (SSSR count). The van der Waals surface area contributed by atoms with Crippen LogP contribution in [0, 0.1) is 0 Å². The van der Waals surface area contributed by atoms with Gasteiger partial charge in [0.15, 0.2) is 0 Å². The largest absolute Gasteiger partial charge is 0.384 e. The highest BCUT2D eigenvalue weighted by Crippen LogP contribution is 2.11. The molecule has 1 aromatic rings. The lowest BCUT2D eigenvalue weighted by Crippen LogP contribution is -2.28. The molecular formula is C13H24N4O. The fourth-order valence-electron chi connectivity index (χ4n) is 1.57. The number of aromatic nitrogens is 1. The van der Waals surface area contributed by atoms with Crippen LogP contribution in [0.4, 0.5) is 11.5 Å². The second-order valence-electron chi connectivity index (χ2n) is 4.18. The molecule has 0 saturated carbocycles. The van der Waals surface area contributed by atoms with Crippen LogP contribution in [0.15, 0.2) is 18.3 Å². The van der Waals surface area contributed by atoms with Crippen molar-refractivity contribution in [1.29, 1.82) is 0 Å². The first-order chi connectivity index (χ1) is 8.76. The number of methoxy groups -OCH3 is 1. The van der Waals surface area contributed by atoms with Crippen LogP contribution >= 0.6 is 0 Å². The molecular weight excluding hydrogens is 228 g/mol. The van der Waals surface area contributed by atoms with Crippen LogP contribution < -0.4 is 10.6 Å². The maximum absolute atomic E-state index is 5.04. The summed E-state index contributed by atoms with van der Waals surface area (Å²) < 4.78 is 5.04. The Morgan fingerprint density at radius 2 is 2.17 bits per heavy atom. The number of ether oxygens (including phenoxy) is 1. The topological polar surface area (TPSA) is 49.4 Å². The zero-order chi connectivity index (χ0) is 13.2. The Labute approximate surface area is 110 Å². The minimum Gasteiger partial charge on any atom is -0.384 e. The molecule has 1 heterocycles. The fourth-order valence-corrected chi connectivity index (χ4v) is 1.57. The minimum absolute atomic E-state index is 0.774. The monoisotopic (exact) mass is 252 g/mol. The molecule has 5 heteroatoms.